The molecular formula is C13H9ClF2N2O. The summed E-state index contributed by atoms with van der Waals surface area (Å²) in [6, 6.07) is 2.77. The molecule has 0 aliphatic carbocycles. The van der Waals surface area contributed by atoms with E-state index in [1.54, 1.807) is 6.92 Å². The van der Waals surface area contributed by atoms with Crippen LogP contribution in [0, 0.1) is 25.5 Å². The van der Waals surface area contributed by atoms with Gasteiger partial charge in [-0.25, -0.2) is 18.7 Å². The van der Waals surface area contributed by atoms with Gasteiger partial charge in [-0.15, -0.1) is 0 Å². The monoisotopic (exact) mass is 282 g/mol. The van der Waals surface area contributed by atoms with Gasteiger partial charge in [-0.3, -0.25) is 4.79 Å². The number of benzene rings is 1. The number of hydrogen-bond acceptors (Lipinski definition) is 3. The predicted molar refractivity (Wildman–Crippen MR) is 67.3 cm³/mol. The summed E-state index contributed by atoms with van der Waals surface area (Å²) in [6.07, 6.45) is 0.425. The number of aryl methyl sites for hydroxylation is 2. The van der Waals surface area contributed by atoms with E-state index in [0.717, 1.165) is 0 Å². The minimum atomic E-state index is -1.06. The van der Waals surface area contributed by atoms with Crippen molar-refractivity contribution in [1.29, 1.82) is 0 Å². The molecule has 1 aromatic carbocycles. The second-order valence-corrected chi connectivity index (χ2v) is 4.36. The highest BCUT2D eigenvalue weighted by atomic mass is 35.5. The average molecular weight is 283 g/mol. The van der Waals surface area contributed by atoms with Gasteiger partial charge in [0.25, 0.3) is 0 Å². The molecule has 0 fully saturated rings. The Kier molecular flexibility index (Phi) is 3.57. The van der Waals surface area contributed by atoms with Crippen LogP contribution in [0.4, 0.5) is 8.78 Å². The lowest BCUT2D eigenvalue weighted by Crippen LogP contribution is -2.02. The summed E-state index contributed by atoms with van der Waals surface area (Å²) in [4.78, 5) is 18.8. The summed E-state index contributed by atoms with van der Waals surface area (Å²) in [6.45, 7) is 2.99. The Bertz CT molecular complexity index is 674. The zero-order valence-corrected chi connectivity index (χ0v) is 10.9. The van der Waals surface area contributed by atoms with Crippen molar-refractivity contribution < 1.29 is 13.6 Å². The molecule has 19 heavy (non-hydrogen) atoms. The Morgan fingerprint density at radius 2 is 1.84 bits per heavy atom. The molecule has 1 aromatic heterocycles. The maximum absolute atomic E-state index is 13.9. The van der Waals surface area contributed by atoms with Crippen LogP contribution in [-0.2, 0) is 0 Å². The van der Waals surface area contributed by atoms with Gasteiger partial charge in [0.2, 0.25) is 0 Å². The molecule has 0 N–H and O–H groups in total. The number of halogens is 3. The van der Waals surface area contributed by atoms with Crippen molar-refractivity contribution in [2.45, 2.75) is 13.8 Å². The molecule has 98 valence electrons. The summed E-state index contributed by atoms with van der Waals surface area (Å²) in [5, 5.41) is -0.0853. The zero-order chi connectivity index (χ0) is 14.2. The molecule has 2 rings (SSSR count). The Labute approximate surface area is 113 Å². The molecule has 0 saturated heterocycles. The van der Waals surface area contributed by atoms with Gasteiger partial charge in [-0.1, -0.05) is 17.7 Å². The maximum atomic E-state index is 13.9. The van der Waals surface area contributed by atoms with E-state index in [0.29, 0.717) is 6.29 Å². The minimum absolute atomic E-state index is 0.0103. The van der Waals surface area contributed by atoms with Crippen molar-refractivity contribution in [3.63, 3.8) is 0 Å². The molecule has 1 heterocycles. The number of aldehydes is 1. The fourth-order valence-electron chi connectivity index (χ4n) is 1.69. The number of aromatic nitrogens is 2. The van der Waals surface area contributed by atoms with Gasteiger partial charge in [-0.2, -0.15) is 0 Å². The van der Waals surface area contributed by atoms with Crippen molar-refractivity contribution in [1.82, 2.24) is 9.97 Å². The molecule has 2 aromatic rings. The summed E-state index contributed by atoms with van der Waals surface area (Å²) in [5.74, 6) is -1.76. The van der Waals surface area contributed by atoms with Crippen LogP contribution in [0.2, 0.25) is 5.15 Å². The Morgan fingerprint density at radius 1 is 1.16 bits per heavy atom. The molecule has 0 radical (unpaired) electrons. The molecular weight excluding hydrogens is 274 g/mol. The number of carbonyl (C=O) groups is 1. The highest BCUT2D eigenvalue weighted by Crippen LogP contribution is 2.29. The third-order valence-corrected chi connectivity index (χ3v) is 2.95. The van der Waals surface area contributed by atoms with Gasteiger partial charge in [0.05, 0.1) is 11.3 Å². The standard InChI is InChI=1S/C13H9ClF2N2O/c1-6-3-4-8(11(16)10(6)15)12-9(5-19)13(14)18-7(2)17-12/h3-5H,1-2H3. The molecule has 0 spiro atoms. The molecule has 0 saturated carbocycles. The number of nitrogens with zero attached hydrogens (tertiary/aromatic N) is 2. The minimum Gasteiger partial charge on any atom is -0.298 e. The second-order valence-electron chi connectivity index (χ2n) is 4.00. The van der Waals surface area contributed by atoms with Crippen LogP contribution in [0.15, 0.2) is 12.1 Å². The van der Waals surface area contributed by atoms with Gasteiger partial charge in [0.1, 0.15) is 11.0 Å². The SMILES string of the molecule is Cc1nc(Cl)c(C=O)c(-c2ccc(C)c(F)c2F)n1. The molecule has 0 aliphatic heterocycles. The van der Waals surface area contributed by atoms with E-state index in [-0.39, 0.29) is 33.4 Å². The molecule has 0 amide bonds. The summed E-state index contributed by atoms with van der Waals surface area (Å²) in [5.41, 5.74) is -0.0123. The van der Waals surface area contributed by atoms with Gasteiger partial charge in [0, 0.05) is 5.56 Å². The highest BCUT2D eigenvalue weighted by molar-refractivity contribution is 6.32. The van der Waals surface area contributed by atoms with E-state index in [2.05, 4.69) is 9.97 Å². The lowest BCUT2D eigenvalue weighted by molar-refractivity contribution is 0.112. The number of rotatable bonds is 2. The zero-order valence-electron chi connectivity index (χ0n) is 10.2. The normalized spacial score (nSPS) is 10.6. The van der Waals surface area contributed by atoms with Crippen LogP contribution in [0.25, 0.3) is 11.3 Å². The Morgan fingerprint density at radius 3 is 2.47 bits per heavy atom. The smallest absolute Gasteiger partial charge is 0.168 e. The highest BCUT2D eigenvalue weighted by Gasteiger charge is 2.19. The summed E-state index contributed by atoms with van der Waals surface area (Å²) >= 11 is 5.81. The molecule has 0 unspecified atom stereocenters. The van der Waals surface area contributed by atoms with Gasteiger partial charge < -0.3 is 0 Å². The molecule has 0 atom stereocenters. The van der Waals surface area contributed by atoms with Crippen molar-refractivity contribution in [3.05, 3.63) is 45.9 Å². The van der Waals surface area contributed by atoms with Crippen LogP contribution < -0.4 is 0 Å². The van der Waals surface area contributed by atoms with Crippen molar-refractivity contribution >= 4 is 17.9 Å². The second kappa shape index (κ2) is 5.01. The third kappa shape index (κ3) is 2.33. The van der Waals surface area contributed by atoms with Crippen molar-refractivity contribution in [2.75, 3.05) is 0 Å². The largest absolute Gasteiger partial charge is 0.298 e. The van der Waals surface area contributed by atoms with Crippen LogP contribution in [0.1, 0.15) is 21.7 Å². The molecule has 6 heteroatoms. The fraction of sp³-hybridized carbons (Fsp3) is 0.154. The van der Waals surface area contributed by atoms with Gasteiger partial charge in [0.15, 0.2) is 17.9 Å². The van der Waals surface area contributed by atoms with E-state index in [1.165, 1.54) is 19.1 Å². The quantitative estimate of drug-likeness (QED) is 0.625. The predicted octanol–water partition coefficient (Wildman–Crippen LogP) is 3.50. The van der Waals surface area contributed by atoms with E-state index in [1.807, 2.05) is 0 Å². The van der Waals surface area contributed by atoms with Crippen LogP contribution in [0.5, 0.6) is 0 Å². The first kappa shape index (κ1) is 13.5. The molecule has 3 nitrogen and oxygen atoms in total. The maximum Gasteiger partial charge on any atom is 0.168 e. The van der Waals surface area contributed by atoms with E-state index < -0.39 is 11.6 Å². The first-order chi connectivity index (χ1) is 8.95. The Balaban J connectivity index is 2.79. The number of carbonyl (C=O) groups excluding carboxylic acids is 1. The van der Waals surface area contributed by atoms with Crippen LogP contribution in [0.3, 0.4) is 0 Å². The number of hydrogen-bond donors (Lipinski definition) is 0. The van der Waals surface area contributed by atoms with E-state index in [9.17, 15) is 13.6 Å². The Hall–Kier alpha value is -1.88. The van der Waals surface area contributed by atoms with Crippen molar-refractivity contribution in [3.8, 4) is 11.3 Å². The first-order valence-electron chi connectivity index (χ1n) is 5.40. The fourth-order valence-corrected chi connectivity index (χ4v) is 1.94. The molecule has 0 aliphatic rings. The van der Waals surface area contributed by atoms with E-state index in [4.69, 9.17) is 11.6 Å². The molecule has 0 bridgehead atoms. The first-order valence-corrected chi connectivity index (χ1v) is 5.77. The van der Waals surface area contributed by atoms with Crippen LogP contribution >= 0.6 is 11.6 Å². The summed E-state index contributed by atoms with van der Waals surface area (Å²) in [7, 11) is 0. The lowest BCUT2D eigenvalue weighted by atomic mass is 10.0. The van der Waals surface area contributed by atoms with E-state index >= 15 is 0 Å². The summed E-state index contributed by atoms with van der Waals surface area (Å²) < 4.78 is 27.5. The lowest BCUT2D eigenvalue weighted by Gasteiger charge is -2.09. The van der Waals surface area contributed by atoms with Crippen LogP contribution in [-0.4, -0.2) is 16.3 Å². The average Bonchev–Trinajstić information content (AvgIpc) is 2.35. The van der Waals surface area contributed by atoms with Crippen molar-refractivity contribution in [2.24, 2.45) is 0 Å². The van der Waals surface area contributed by atoms with Gasteiger partial charge in [-0.05, 0) is 25.5 Å². The topological polar surface area (TPSA) is 42.9 Å². The van der Waals surface area contributed by atoms with Gasteiger partial charge >= 0.3 is 0 Å². The third-order valence-electron chi connectivity index (χ3n) is 2.66.